The van der Waals surface area contributed by atoms with Crippen LogP contribution in [0.15, 0.2) is 35.2 Å². The van der Waals surface area contributed by atoms with Crippen molar-refractivity contribution in [2.45, 2.75) is 24.2 Å². The molecule has 0 unspecified atom stereocenters. The van der Waals surface area contributed by atoms with E-state index in [4.69, 9.17) is 0 Å². The van der Waals surface area contributed by atoms with Gasteiger partial charge in [0.2, 0.25) is 0 Å². The molecule has 0 heterocycles. The Morgan fingerprint density at radius 3 is 2.08 bits per heavy atom. The van der Waals surface area contributed by atoms with Crippen molar-refractivity contribution < 1.29 is 0 Å². The van der Waals surface area contributed by atoms with Gasteiger partial charge in [0.25, 0.3) is 0 Å². The second-order valence-electron chi connectivity index (χ2n) is 4.56. The standard InChI is InChI=1S/C12H18Ge/c1-11(10-13(2,3)4)12-8-6-5-7-9-12/h5-10H,1-4H3. The minimum absolute atomic E-state index is 1.36. The summed E-state index contributed by atoms with van der Waals surface area (Å²) in [6.45, 7) is 2.21. The Balaban J connectivity index is 2.92. The van der Waals surface area contributed by atoms with E-state index in [9.17, 15) is 0 Å². The van der Waals surface area contributed by atoms with Crippen molar-refractivity contribution in [2.24, 2.45) is 0 Å². The molecular formula is C12H18Ge. The van der Waals surface area contributed by atoms with E-state index in [0.29, 0.717) is 0 Å². The van der Waals surface area contributed by atoms with Gasteiger partial charge in [-0.15, -0.1) is 0 Å². The van der Waals surface area contributed by atoms with Gasteiger partial charge in [-0.1, -0.05) is 0 Å². The van der Waals surface area contributed by atoms with Crippen molar-refractivity contribution in [1.29, 1.82) is 0 Å². The molecule has 1 heteroatoms. The monoisotopic (exact) mass is 236 g/mol. The molecule has 1 aromatic rings. The van der Waals surface area contributed by atoms with Gasteiger partial charge in [-0.05, 0) is 0 Å². The molecule has 0 aliphatic carbocycles. The molecule has 0 atom stereocenters. The van der Waals surface area contributed by atoms with Crippen LogP contribution in [0.1, 0.15) is 12.5 Å². The van der Waals surface area contributed by atoms with Gasteiger partial charge in [-0.25, -0.2) is 0 Å². The van der Waals surface area contributed by atoms with Crippen molar-refractivity contribution in [1.82, 2.24) is 0 Å². The van der Waals surface area contributed by atoms with Gasteiger partial charge in [0, 0.05) is 0 Å². The molecule has 0 saturated carbocycles. The predicted octanol–water partition coefficient (Wildman–Crippen LogP) is 3.97. The summed E-state index contributed by atoms with van der Waals surface area (Å²) >= 11 is -1.53. The number of benzene rings is 1. The van der Waals surface area contributed by atoms with Crippen LogP contribution in [-0.4, -0.2) is 13.3 Å². The Bertz CT molecular complexity index is 291. The van der Waals surface area contributed by atoms with E-state index >= 15 is 0 Å². The first-order valence-corrected chi connectivity index (χ1v) is 12.2. The molecule has 0 N–H and O–H groups in total. The summed E-state index contributed by atoms with van der Waals surface area (Å²) in [5.74, 6) is 7.23. The molecule has 0 spiro atoms. The fraction of sp³-hybridized carbons (Fsp3) is 0.333. The molecule has 13 heavy (non-hydrogen) atoms. The topological polar surface area (TPSA) is 0 Å². The summed E-state index contributed by atoms with van der Waals surface area (Å²) in [4.78, 5) is 2.50. The molecule has 70 valence electrons. The van der Waals surface area contributed by atoms with Crippen molar-refractivity contribution in [2.75, 3.05) is 0 Å². The maximum atomic E-state index is 2.50. The van der Waals surface area contributed by atoms with Gasteiger partial charge in [-0.2, -0.15) is 0 Å². The number of rotatable bonds is 2. The first kappa shape index (κ1) is 10.6. The van der Waals surface area contributed by atoms with Crippen LogP contribution in [-0.2, 0) is 0 Å². The normalized spacial score (nSPS) is 13.1. The van der Waals surface area contributed by atoms with Gasteiger partial charge in [-0.3, -0.25) is 0 Å². The zero-order valence-electron chi connectivity index (χ0n) is 8.96. The fourth-order valence-corrected chi connectivity index (χ4v) is 4.51. The average molecular weight is 235 g/mol. The Morgan fingerprint density at radius 1 is 1.08 bits per heavy atom. The number of hydrogen-bond donors (Lipinski definition) is 0. The zero-order chi connectivity index (χ0) is 9.90. The van der Waals surface area contributed by atoms with Gasteiger partial charge in [0.1, 0.15) is 0 Å². The van der Waals surface area contributed by atoms with Crippen LogP contribution in [0.2, 0.25) is 17.3 Å². The molecule has 1 rings (SSSR count). The van der Waals surface area contributed by atoms with Crippen LogP contribution in [0.25, 0.3) is 5.57 Å². The molecule has 0 radical (unpaired) electrons. The Morgan fingerprint density at radius 2 is 1.62 bits per heavy atom. The van der Waals surface area contributed by atoms with E-state index in [-0.39, 0.29) is 0 Å². The van der Waals surface area contributed by atoms with Crippen LogP contribution in [0.3, 0.4) is 0 Å². The Labute approximate surface area is 84.0 Å². The molecule has 0 aliphatic rings. The summed E-state index contributed by atoms with van der Waals surface area (Å²) < 4.78 is 0. The first-order chi connectivity index (χ1) is 5.99. The van der Waals surface area contributed by atoms with E-state index in [1.165, 1.54) is 11.1 Å². The van der Waals surface area contributed by atoms with Gasteiger partial charge in [0.15, 0.2) is 0 Å². The SMILES string of the molecule is CC(=[CH][Ge]([CH3])([CH3])[CH3])c1ccccc1. The molecule has 0 aromatic heterocycles. The second-order valence-corrected chi connectivity index (χ2v) is 15.1. The molecule has 0 nitrogen and oxygen atoms in total. The van der Waals surface area contributed by atoms with Crippen molar-refractivity contribution in [3.8, 4) is 0 Å². The predicted molar refractivity (Wildman–Crippen MR) is 63.4 cm³/mol. The number of allylic oxidation sites excluding steroid dienone is 1. The van der Waals surface area contributed by atoms with Crippen LogP contribution in [0, 0.1) is 0 Å². The van der Waals surface area contributed by atoms with E-state index in [2.05, 4.69) is 59.4 Å². The van der Waals surface area contributed by atoms with Crippen LogP contribution < -0.4 is 0 Å². The quantitative estimate of drug-likeness (QED) is 0.680. The molecule has 0 amide bonds. The van der Waals surface area contributed by atoms with Crippen molar-refractivity contribution in [3.05, 3.63) is 40.8 Å². The van der Waals surface area contributed by atoms with Gasteiger partial charge >= 0.3 is 83.8 Å². The minimum atomic E-state index is -1.53. The van der Waals surface area contributed by atoms with E-state index in [0.717, 1.165) is 0 Å². The van der Waals surface area contributed by atoms with Gasteiger partial charge in [0.05, 0.1) is 0 Å². The summed E-state index contributed by atoms with van der Waals surface area (Å²) in [7, 11) is 0. The van der Waals surface area contributed by atoms with Gasteiger partial charge < -0.3 is 0 Å². The Hall–Kier alpha value is -0.497. The van der Waals surface area contributed by atoms with Crippen LogP contribution in [0.5, 0.6) is 0 Å². The van der Waals surface area contributed by atoms with Crippen molar-refractivity contribution in [3.63, 3.8) is 0 Å². The second kappa shape index (κ2) is 4.14. The zero-order valence-corrected chi connectivity index (χ0v) is 11.1. The molecule has 0 fully saturated rings. The molecule has 0 bridgehead atoms. The van der Waals surface area contributed by atoms with E-state index < -0.39 is 13.3 Å². The van der Waals surface area contributed by atoms with Crippen LogP contribution in [0.4, 0.5) is 0 Å². The Kier molecular flexibility index (Phi) is 3.37. The third-order valence-corrected chi connectivity index (χ3v) is 4.60. The maximum absolute atomic E-state index is 2.50. The fourth-order valence-electron chi connectivity index (χ4n) is 1.43. The third kappa shape index (κ3) is 3.81. The summed E-state index contributed by atoms with van der Waals surface area (Å²) in [6.07, 6.45) is 0. The average Bonchev–Trinajstić information content (AvgIpc) is 2.03. The van der Waals surface area contributed by atoms with E-state index in [1.54, 1.807) is 0 Å². The molecule has 0 aliphatic heterocycles. The molecule has 1 aromatic carbocycles. The summed E-state index contributed by atoms with van der Waals surface area (Å²) in [6, 6.07) is 10.6. The van der Waals surface area contributed by atoms with Crippen molar-refractivity contribution >= 4 is 18.8 Å². The molecule has 0 saturated heterocycles. The summed E-state index contributed by atoms with van der Waals surface area (Å²) in [5, 5.41) is 0. The third-order valence-electron chi connectivity index (χ3n) is 1.88. The molecular weight excluding hydrogens is 217 g/mol. The first-order valence-electron chi connectivity index (χ1n) is 4.74. The van der Waals surface area contributed by atoms with E-state index in [1.807, 2.05) is 0 Å². The summed E-state index contributed by atoms with van der Waals surface area (Å²) in [5.41, 5.74) is 2.80. The van der Waals surface area contributed by atoms with Crippen LogP contribution >= 0.6 is 0 Å². The number of hydrogen-bond acceptors (Lipinski definition) is 0.